The molecule has 0 radical (unpaired) electrons. The maximum Gasteiger partial charge on any atom is 0.212 e. The minimum atomic E-state index is -0.621. The lowest BCUT2D eigenvalue weighted by Gasteiger charge is -2.18. The summed E-state index contributed by atoms with van der Waals surface area (Å²) in [4.78, 5) is 30.8. The number of nitrogens with zero attached hydrogens (tertiary/aromatic N) is 5. The van der Waals surface area contributed by atoms with Crippen molar-refractivity contribution in [1.29, 1.82) is 0 Å². The molecule has 0 bridgehead atoms. The predicted molar refractivity (Wildman–Crippen MR) is 135 cm³/mol. The number of unbranched alkanes of at least 4 members (excludes halogenated alkanes) is 1. The summed E-state index contributed by atoms with van der Waals surface area (Å²) in [7, 11) is 0. The first-order valence-corrected chi connectivity index (χ1v) is 12.1. The maximum atomic E-state index is 13.3. The first kappa shape index (κ1) is 24.4. The summed E-state index contributed by atoms with van der Waals surface area (Å²) in [5.41, 5.74) is 3.79. The molecule has 0 aliphatic heterocycles. The molecule has 2 heterocycles. The van der Waals surface area contributed by atoms with Gasteiger partial charge in [0.15, 0.2) is 5.82 Å². The molecule has 0 fully saturated rings. The highest BCUT2D eigenvalue weighted by atomic mass is 16.3. The van der Waals surface area contributed by atoms with Gasteiger partial charge >= 0.3 is 0 Å². The first-order chi connectivity index (χ1) is 18.1. The third-order valence-corrected chi connectivity index (χ3v) is 6.59. The standard InChI is InChI=1S/C27H26N6O4/c1-2-3-8-22-28-23-24(26(37)21(15-35)20(14-34)25(23)36)33(22)13-16-9-11-17(12-10-16)18-6-4-5-7-19(18)27-29-31-32-30-27/h4-7,9-12,34-35H,2-3,8,13-15H2,1H3,(H,29,30,31,32). The summed E-state index contributed by atoms with van der Waals surface area (Å²) >= 11 is 0. The third-order valence-electron chi connectivity index (χ3n) is 6.59. The number of aryl methyl sites for hydroxylation is 1. The van der Waals surface area contributed by atoms with Crippen LogP contribution in [0.4, 0.5) is 0 Å². The Labute approximate surface area is 212 Å². The third kappa shape index (κ3) is 4.41. The lowest BCUT2D eigenvalue weighted by Crippen LogP contribution is -2.27. The number of aliphatic hydroxyl groups is 2. The molecule has 0 saturated heterocycles. The smallest absolute Gasteiger partial charge is 0.212 e. The summed E-state index contributed by atoms with van der Waals surface area (Å²) in [6.07, 6.45) is 2.37. The average Bonchev–Trinajstić information content (AvgIpc) is 3.59. The topological polar surface area (TPSA) is 147 Å². The second-order valence-corrected chi connectivity index (χ2v) is 8.84. The van der Waals surface area contributed by atoms with Gasteiger partial charge in [0.1, 0.15) is 17.2 Å². The van der Waals surface area contributed by atoms with Gasteiger partial charge < -0.3 is 14.8 Å². The highest BCUT2D eigenvalue weighted by Crippen LogP contribution is 2.31. The van der Waals surface area contributed by atoms with E-state index in [4.69, 9.17) is 0 Å². The average molecular weight is 499 g/mol. The number of aromatic amines is 1. The van der Waals surface area contributed by atoms with Gasteiger partial charge in [-0.15, -0.1) is 5.10 Å². The number of H-pyrrole nitrogens is 1. The number of carbonyl (C=O) groups is 2. The molecule has 3 N–H and O–H groups in total. The lowest BCUT2D eigenvalue weighted by atomic mass is 9.90. The van der Waals surface area contributed by atoms with E-state index in [-0.39, 0.29) is 22.5 Å². The number of Topliss-reactive ketones (excluding diaryl/α,β-unsaturated/α-hetero) is 2. The molecule has 10 heteroatoms. The minimum absolute atomic E-state index is 0.0450. The SMILES string of the molecule is CCCCc1nc2c(n1Cc1ccc(-c3ccccc3-c3nnn[nH]3)cc1)C(=O)C(CO)=C(CO)C2=O. The van der Waals surface area contributed by atoms with Crippen LogP contribution in [-0.4, -0.2) is 65.2 Å². The van der Waals surface area contributed by atoms with Gasteiger partial charge in [0.2, 0.25) is 11.6 Å². The van der Waals surface area contributed by atoms with Crippen LogP contribution in [0.15, 0.2) is 59.7 Å². The highest BCUT2D eigenvalue weighted by molar-refractivity contribution is 6.25. The molecule has 0 unspecified atom stereocenters. The zero-order chi connectivity index (χ0) is 25.9. The number of ketones is 2. The molecule has 4 aromatic rings. The highest BCUT2D eigenvalue weighted by Gasteiger charge is 2.37. The second-order valence-electron chi connectivity index (χ2n) is 8.84. The van der Waals surface area contributed by atoms with Gasteiger partial charge in [-0.05, 0) is 33.5 Å². The predicted octanol–water partition coefficient (Wildman–Crippen LogP) is 2.78. The van der Waals surface area contributed by atoms with Crippen LogP contribution in [0.1, 0.15) is 52.1 Å². The van der Waals surface area contributed by atoms with Gasteiger partial charge in [0.25, 0.3) is 0 Å². The quantitative estimate of drug-likeness (QED) is 0.319. The van der Waals surface area contributed by atoms with Crippen molar-refractivity contribution in [3.05, 3.63) is 82.5 Å². The molecule has 0 saturated carbocycles. The van der Waals surface area contributed by atoms with Crippen molar-refractivity contribution in [2.75, 3.05) is 13.2 Å². The van der Waals surface area contributed by atoms with E-state index in [0.29, 0.717) is 24.6 Å². The molecule has 0 spiro atoms. The molecule has 2 aromatic heterocycles. The Bertz CT molecular complexity index is 1490. The van der Waals surface area contributed by atoms with Gasteiger partial charge in [-0.3, -0.25) is 9.59 Å². The molecule has 188 valence electrons. The van der Waals surface area contributed by atoms with Crippen molar-refractivity contribution in [3.63, 3.8) is 0 Å². The number of carbonyl (C=O) groups excluding carboxylic acids is 2. The number of nitrogens with one attached hydrogen (secondary N) is 1. The number of fused-ring (bicyclic) bond motifs is 1. The van der Waals surface area contributed by atoms with E-state index in [2.05, 4.69) is 32.5 Å². The van der Waals surface area contributed by atoms with Crippen molar-refractivity contribution in [2.45, 2.75) is 32.7 Å². The van der Waals surface area contributed by atoms with Gasteiger partial charge in [-0.2, -0.15) is 0 Å². The number of aliphatic hydroxyl groups excluding tert-OH is 2. The maximum absolute atomic E-state index is 13.3. The van der Waals surface area contributed by atoms with Gasteiger partial charge in [-0.25, -0.2) is 10.1 Å². The van der Waals surface area contributed by atoms with E-state index in [1.165, 1.54) is 0 Å². The number of aromatic nitrogens is 6. The summed E-state index contributed by atoms with van der Waals surface area (Å²) in [6, 6.07) is 15.7. The van der Waals surface area contributed by atoms with Crippen molar-refractivity contribution >= 4 is 11.6 Å². The summed E-state index contributed by atoms with van der Waals surface area (Å²) in [6.45, 7) is 1.15. The van der Waals surface area contributed by atoms with Crippen LogP contribution >= 0.6 is 0 Å². The fourth-order valence-electron chi connectivity index (χ4n) is 4.67. The normalized spacial score (nSPS) is 13.4. The van der Waals surface area contributed by atoms with Crippen LogP contribution in [-0.2, 0) is 13.0 Å². The largest absolute Gasteiger partial charge is 0.392 e. The van der Waals surface area contributed by atoms with Crippen LogP contribution in [0.5, 0.6) is 0 Å². The Kier molecular flexibility index (Phi) is 6.85. The summed E-state index contributed by atoms with van der Waals surface area (Å²) in [5.74, 6) is 0.231. The van der Waals surface area contributed by atoms with Gasteiger partial charge in [0, 0.05) is 29.7 Å². The number of rotatable bonds is 9. The number of hydrogen-bond acceptors (Lipinski definition) is 8. The van der Waals surface area contributed by atoms with Gasteiger partial charge in [0.05, 0.1) is 13.2 Å². The van der Waals surface area contributed by atoms with E-state index in [0.717, 1.165) is 35.1 Å². The molecular formula is C27H26N6O4. The zero-order valence-corrected chi connectivity index (χ0v) is 20.3. The second kappa shape index (κ2) is 10.4. The van der Waals surface area contributed by atoms with E-state index >= 15 is 0 Å². The molecule has 2 aromatic carbocycles. The van der Waals surface area contributed by atoms with Crippen LogP contribution in [0.25, 0.3) is 22.5 Å². The molecule has 1 aliphatic carbocycles. The molecule has 0 atom stereocenters. The summed E-state index contributed by atoms with van der Waals surface area (Å²) < 4.78 is 1.78. The van der Waals surface area contributed by atoms with E-state index in [9.17, 15) is 19.8 Å². The van der Waals surface area contributed by atoms with Crippen molar-refractivity contribution in [3.8, 4) is 22.5 Å². The monoisotopic (exact) mass is 498 g/mol. The Balaban J connectivity index is 1.51. The number of hydrogen-bond donors (Lipinski definition) is 3. The molecular weight excluding hydrogens is 472 g/mol. The lowest BCUT2D eigenvalue weighted by molar-refractivity contribution is 0.0943. The first-order valence-electron chi connectivity index (χ1n) is 12.1. The fourth-order valence-corrected chi connectivity index (χ4v) is 4.67. The number of tetrazole rings is 1. The van der Waals surface area contributed by atoms with E-state index < -0.39 is 24.8 Å². The Morgan fingerprint density at radius 2 is 1.62 bits per heavy atom. The zero-order valence-electron chi connectivity index (χ0n) is 20.3. The molecule has 37 heavy (non-hydrogen) atoms. The van der Waals surface area contributed by atoms with Crippen LogP contribution in [0, 0.1) is 0 Å². The van der Waals surface area contributed by atoms with Crippen molar-refractivity contribution < 1.29 is 19.8 Å². The van der Waals surface area contributed by atoms with Gasteiger partial charge in [-0.1, -0.05) is 61.9 Å². The molecule has 0 amide bonds. The Morgan fingerprint density at radius 1 is 0.919 bits per heavy atom. The van der Waals surface area contributed by atoms with Crippen molar-refractivity contribution in [1.82, 2.24) is 30.2 Å². The molecule has 10 nitrogen and oxygen atoms in total. The molecule has 1 aliphatic rings. The molecule has 5 rings (SSSR count). The summed E-state index contributed by atoms with van der Waals surface area (Å²) in [5, 5.41) is 33.6. The number of imidazole rings is 1. The number of benzene rings is 2. The fraction of sp³-hybridized carbons (Fsp3) is 0.259. The Morgan fingerprint density at radius 3 is 2.27 bits per heavy atom. The van der Waals surface area contributed by atoms with E-state index in [1.807, 2.05) is 48.5 Å². The van der Waals surface area contributed by atoms with Crippen molar-refractivity contribution in [2.24, 2.45) is 0 Å². The van der Waals surface area contributed by atoms with Crippen LogP contribution in [0.2, 0.25) is 0 Å². The Hall–Kier alpha value is -4.28. The minimum Gasteiger partial charge on any atom is -0.392 e. The van der Waals surface area contributed by atoms with Crippen LogP contribution in [0.3, 0.4) is 0 Å². The van der Waals surface area contributed by atoms with Crippen LogP contribution < -0.4 is 0 Å². The van der Waals surface area contributed by atoms with E-state index in [1.54, 1.807) is 4.57 Å².